The van der Waals surface area contributed by atoms with Gasteiger partial charge in [0.1, 0.15) is 0 Å². The van der Waals surface area contributed by atoms with Gasteiger partial charge >= 0.3 is 0 Å². The molecular weight excluding hydrogens is 284 g/mol. The first-order chi connectivity index (χ1) is 9.15. The second kappa shape index (κ2) is 6.84. The summed E-state index contributed by atoms with van der Waals surface area (Å²) in [6.45, 7) is 6.40. The summed E-state index contributed by atoms with van der Waals surface area (Å²) in [7, 11) is -3.42. The van der Waals surface area contributed by atoms with E-state index in [-0.39, 0.29) is 18.1 Å². The van der Waals surface area contributed by atoms with Gasteiger partial charge in [-0.3, -0.25) is 4.79 Å². The fourth-order valence-corrected chi connectivity index (χ4v) is 3.11. The smallest absolute Gasteiger partial charge is 0.221 e. The number of ether oxygens (including phenoxy) is 1. The number of sulfonamides is 1. The number of aliphatic hydroxyl groups is 1. The number of nitrogens with zero attached hydrogens (tertiary/aromatic N) is 1. The summed E-state index contributed by atoms with van der Waals surface area (Å²) in [5.74, 6) is -0.609. The predicted molar refractivity (Wildman–Crippen MR) is 74.7 cm³/mol. The molecule has 118 valence electrons. The summed E-state index contributed by atoms with van der Waals surface area (Å²) >= 11 is 0. The molecule has 20 heavy (non-hydrogen) atoms. The highest BCUT2D eigenvalue weighted by Crippen LogP contribution is 2.10. The van der Waals surface area contributed by atoms with Gasteiger partial charge in [-0.1, -0.05) is 0 Å². The Balaban J connectivity index is 2.47. The summed E-state index contributed by atoms with van der Waals surface area (Å²) < 4.78 is 30.5. The fourth-order valence-electron chi connectivity index (χ4n) is 1.70. The number of carbonyl (C=O) groups excluding carboxylic acids is 1. The number of nitrogens with one attached hydrogen (secondary N) is 1. The maximum Gasteiger partial charge on any atom is 0.221 e. The Kier molecular flexibility index (Phi) is 5.93. The van der Waals surface area contributed by atoms with Crippen molar-refractivity contribution in [1.82, 2.24) is 9.62 Å². The Hall–Kier alpha value is -0.700. The van der Waals surface area contributed by atoms with Crippen LogP contribution in [0.2, 0.25) is 0 Å². The molecule has 1 aliphatic rings. The average molecular weight is 308 g/mol. The highest BCUT2D eigenvalue weighted by atomic mass is 32.2. The molecule has 0 saturated carbocycles. The zero-order valence-corrected chi connectivity index (χ0v) is 13.1. The van der Waals surface area contributed by atoms with Gasteiger partial charge in [0.15, 0.2) is 0 Å². The maximum atomic E-state index is 12.0. The zero-order valence-electron chi connectivity index (χ0n) is 12.3. The zero-order chi connectivity index (χ0) is 15.4. The average Bonchev–Trinajstić information content (AvgIpc) is 2.37. The van der Waals surface area contributed by atoms with Crippen LogP contribution in [0.3, 0.4) is 0 Å². The molecule has 7 nitrogen and oxygen atoms in total. The van der Waals surface area contributed by atoms with E-state index in [0.29, 0.717) is 26.3 Å². The number of morpholine rings is 1. The third-order valence-electron chi connectivity index (χ3n) is 3.46. The monoisotopic (exact) mass is 308 g/mol. The van der Waals surface area contributed by atoms with E-state index in [1.165, 1.54) is 4.31 Å². The third kappa shape index (κ3) is 5.01. The van der Waals surface area contributed by atoms with Gasteiger partial charge in [-0.2, -0.15) is 4.31 Å². The maximum absolute atomic E-state index is 12.0. The molecule has 1 atom stereocenters. The number of amides is 1. The molecule has 1 amide bonds. The van der Waals surface area contributed by atoms with E-state index < -0.39 is 21.7 Å². The Bertz CT molecular complexity index is 427. The molecule has 0 aromatic heterocycles. The quantitative estimate of drug-likeness (QED) is 0.677. The van der Waals surface area contributed by atoms with Gasteiger partial charge in [0.2, 0.25) is 15.9 Å². The largest absolute Gasteiger partial charge is 0.391 e. The van der Waals surface area contributed by atoms with Crippen LogP contribution in [0.4, 0.5) is 0 Å². The molecule has 1 saturated heterocycles. The number of rotatable bonds is 6. The van der Waals surface area contributed by atoms with Crippen LogP contribution in [0.5, 0.6) is 0 Å². The first-order valence-corrected chi connectivity index (χ1v) is 8.31. The SMILES string of the molecule is CC(O)C(C)(C)NC(=O)CCS(=O)(=O)N1CCOCC1. The van der Waals surface area contributed by atoms with Gasteiger partial charge in [-0.05, 0) is 20.8 Å². The van der Waals surface area contributed by atoms with Gasteiger partial charge in [0.25, 0.3) is 0 Å². The lowest BCUT2D eigenvalue weighted by Gasteiger charge is -2.30. The minimum absolute atomic E-state index is 0.115. The van der Waals surface area contributed by atoms with Crippen LogP contribution in [0, 0.1) is 0 Å². The highest BCUT2D eigenvalue weighted by Gasteiger charge is 2.28. The highest BCUT2D eigenvalue weighted by molar-refractivity contribution is 7.89. The van der Waals surface area contributed by atoms with Crippen molar-refractivity contribution < 1.29 is 23.1 Å². The van der Waals surface area contributed by atoms with Crippen LogP contribution in [0.1, 0.15) is 27.2 Å². The molecule has 8 heteroatoms. The topological polar surface area (TPSA) is 95.9 Å². The van der Waals surface area contributed by atoms with E-state index >= 15 is 0 Å². The van der Waals surface area contributed by atoms with Gasteiger partial charge < -0.3 is 15.2 Å². The van der Waals surface area contributed by atoms with Crippen molar-refractivity contribution >= 4 is 15.9 Å². The van der Waals surface area contributed by atoms with Crippen LogP contribution >= 0.6 is 0 Å². The molecule has 1 rings (SSSR count). The van der Waals surface area contributed by atoms with Crippen molar-refractivity contribution in [1.29, 1.82) is 0 Å². The lowest BCUT2D eigenvalue weighted by molar-refractivity contribution is -0.123. The lowest BCUT2D eigenvalue weighted by Crippen LogP contribution is -2.51. The molecule has 0 aromatic carbocycles. The molecule has 0 aromatic rings. The molecule has 0 bridgehead atoms. The fraction of sp³-hybridized carbons (Fsp3) is 0.917. The standard InChI is InChI=1S/C12H24N2O5S/c1-10(15)12(2,3)13-11(16)4-9-20(17,18)14-5-7-19-8-6-14/h10,15H,4-9H2,1-3H3,(H,13,16). The van der Waals surface area contributed by atoms with Crippen LogP contribution in [0.15, 0.2) is 0 Å². The van der Waals surface area contributed by atoms with Crippen molar-refractivity contribution in [3.05, 3.63) is 0 Å². The predicted octanol–water partition coefficient (Wildman–Crippen LogP) is -0.686. The van der Waals surface area contributed by atoms with Gasteiger partial charge in [0, 0.05) is 19.5 Å². The summed E-state index contributed by atoms with van der Waals surface area (Å²) in [5, 5.41) is 12.1. The van der Waals surface area contributed by atoms with Crippen molar-refractivity contribution in [2.45, 2.75) is 38.8 Å². The number of hydrogen-bond donors (Lipinski definition) is 2. The third-order valence-corrected chi connectivity index (χ3v) is 5.33. The Morgan fingerprint density at radius 1 is 1.40 bits per heavy atom. The van der Waals surface area contributed by atoms with Crippen LogP contribution in [0.25, 0.3) is 0 Å². The van der Waals surface area contributed by atoms with Crippen molar-refractivity contribution in [2.75, 3.05) is 32.1 Å². The Morgan fingerprint density at radius 3 is 2.45 bits per heavy atom. The number of aliphatic hydroxyl groups excluding tert-OH is 1. The Morgan fingerprint density at radius 2 is 1.95 bits per heavy atom. The lowest BCUT2D eigenvalue weighted by atomic mass is 9.99. The first kappa shape index (κ1) is 17.4. The number of hydrogen-bond acceptors (Lipinski definition) is 5. The van der Waals surface area contributed by atoms with Crippen LogP contribution in [-0.4, -0.2) is 67.4 Å². The molecular formula is C12H24N2O5S. The minimum atomic E-state index is -3.42. The molecule has 1 unspecified atom stereocenters. The first-order valence-electron chi connectivity index (χ1n) is 6.70. The van der Waals surface area contributed by atoms with E-state index in [1.54, 1.807) is 20.8 Å². The van der Waals surface area contributed by atoms with Gasteiger partial charge in [-0.15, -0.1) is 0 Å². The van der Waals surface area contributed by atoms with Crippen LogP contribution < -0.4 is 5.32 Å². The van der Waals surface area contributed by atoms with Crippen LogP contribution in [-0.2, 0) is 19.6 Å². The van der Waals surface area contributed by atoms with E-state index in [0.717, 1.165) is 0 Å². The van der Waals surface area contributed by atoms with Gasteiger partial charge in [0.05, 0.1) is 30.6 Å². The summed E-state index contributed by atoms with van der Waals surface area (Å²) in [6, 6.07) is 0. The molecule has 1 heterocycles. The second-order valence-corrected chi connectivity index (χ2v) is 7.61. The van der Waals surface area contributed by atoms with Crippen molar-refractivity contribution in [3.8, 4) is 0 Å². The normalized spacial score (nSPS) is 19.6. The van der Waals surface area contributed by atoms with E-state index in [9.17, 15) is 18.3 Å². The Labute approximate surface area is 120 Å². The minimum Gasteiger partial charge on any atom is -0.391 e. The van der Waals surface area contributed by atoms with E-state index in [4.69, 9.17) is 4.74 Å². The van der Waals surface area contributed by atoms with Crippen molar-refractivity contribution in [2.24, 2.45) is 0 Å². The second-order valence-electron chi connectivity index (χ2n) is 5.52. The van der Waals surface area contributed by atoms with E-state index in [1.807, 2.05) is 0 Å². The molecule has 2 N–H and O–H groups in total. The molecule has 0 spiro atoms. The van der Waals surface area contributed by atoms with E-state index in [2.05, 4.69) is 5.32 Å². The van der Waals surface area contributed by atoms with Gasteiger partial charge in [-0.25, -0.2) is 8.42 Å². The summed E-state index contributed by atoms with van der Waals surface area (Å²) in [5.41, 5.74) is -0.778. The van der Waals surface area contributed by atoms with Crippen molar-refractivity contribution in [3.63, 3.8) is 0 Å². The number of carbonyl (C=O) groups is 1. The molecule has 0 radical (unpaired) electrons. The summed E-state index contributed by atoms with van der Waals surface area (Å²) in [4.78, 5) is 11.8. The molecule has 1 aliphatic heterocycles. The molecule has 0 aliphatic carbocycles. The summed E-state index contributed by atoms with van der Waals surface area (Å²) in [6.07, 6.45) is -0.835. The molecule has 1 fully saturated rings.